The molecule has 3 rings (SSSR count). The first-order valence-corrected chi connectivity index (χ1v) is 6.61. The molecular formula is C13H16Cl2N4O. The van der Waals surface area contributed by atoms with E-state index in [9.17, 15) is 4.79 Å². The molecule has 0 amide bonds. The van der Waals surface area contributed by atoms with Gasteiger partial charge in [0.05, 0.1) is 17.4 Å². The molecule has 5 nitrogen and oxygen atoms in total. The summed E-state index contributed by atoms with van der Waals surface area (Å²) in [6.45, 7) is 2.62. The Bertz CT molecular complexity index is 669. The Hall–Kier alpha value is -1.14. The van der Waals surface area contributed by atoms with Crippen LogP contribution in [0.3, 0.4) is 0 Å². The summed E-state index contributed by atoms with van der Waals surface area (Å²) in [5.74, 6) is 0.689. The van der Waals surface area contributed by atoms with E-state index >= 15 is 0 Å². The van der Waals surface area contributed by atoms with Crippen molar-refractivity contribution in [1.29, 1.82) is 0 Å². The molecule has 1 saturated heterocycles. The van der Waals surface area contributed by atoms with E-state index in [1.54, 1.807) is 18.2 Å². The van der Waals surface area contributed by atoms with Gasteiger partial charge >= 0.3 is 0 Å². The number of nitrogens with one attached hydrogen (secondary N) is 2. The number of benzene rings is 1. The molecule has 108 valence electrons. The SMILES string of the molecule is CN(Cc1nc2ccc(Cl)cc2c(=O)[nH]1)C1CNC1.Cl. The van der Waals surface area contributed by atoms with E-state index in [0.29, 0.717) is 34.3 Å². The first-order chi connectivity index (χ1) is 9.13. The summed E-state index contributed by atoms with van der Waals surface area (Å²) in [5.41, 5.74) is 0.547. The highest BCUT2D eigenvalue weighted by Crippen LogP contribution is 2.15. The minimum atomic E-state index is -0.136. The van der Waals surface area contributed by atoms with Crippen molar-refractivity contribution < 1.29 is 0 Å². The summed E-state index contributed by atoms with van der Waals surface area (Å²) in [5, 5.41) is 4.30. The average Bonchev–Trinajstić information content (AvgIpc) is 2.28. The van der Waals surface area contributed by atoms with Crippen molar-refractivity contribution in [3.05, 3.63) is 39.4 Å². The standard InChI is InChI=1S/C13H15ClN4O.ClH/c1-18(9-5-15-6-9)7-12-16-11-3-2-8(14)4-10(11)13(19)17-12;/h2-4,9,15H,5-7H2,1H3,(H,16,17,19);1H. The van der Waals surface area contributed by atoms with Crippen LogP contribution < -0.4 is 10.9 Å². The molecule has 7 heteroatoms. The van der Waals surface area contributed by atoms with E-state index in [-0.39, 0.29) is 18.0 Å². The average molecular weight is 315 g/mol. The molecule has 1 aromatic heterocycles. The van der Waals surface area contributed by atoms with Crippen LogP contribution in [0.15, 0.2) is 23.0 Å². The second-order valence-corrected chi connectivity index (χ2v) is 5.34. The van der Waals surface area contributed by atoms with Gasteiger partial charge in [0.2, 0.25) is 0 Å². The maximum absolute atomic E-state index is 12.0. The number of fused-ring (bicyclic) bond motifs is 1. The van der Waals surface area contributed by atoms with Gasteiger partial charge in [-0.05, 0) is 25.2 Å². The number of rotatable bonds is 3. The van der Waals surface area contributed by atoms with Gasteiger partial charge in [-0.1, -0.05) is 11.6 Å². The molecule has 0 atom stereocenters. The van der Waals surface area contributed by atoms with Gasteiger partial charge in [-0.2, -0.15) is 0 Å². The lowest BCUT2D eigenvalue weighted by molar-refractivity contribution is 0.169. The highest BCUT2D eigenvalue weighted by atomic mass is 35.5. The highest BCUT2D eigenvalue weighted by molar-refractivity contribution is 6.31. The third-order valence-electron chi connectivity index (χ3n) is 3.50. The van der Waals surface area contributed by atoms with E-state index in [1.807, 2.05) is 7.05 Å². The molecule has 0 radical (unpaired) electrons. The van der Waals surface area contributed by atoms with Crippen molar-refractivity contribution in [2.45, 2.75) is 12.6 Å². The van der Waals surface area contributed by atoms with E-state index < -0.39 is 0 Å². The third kappa shape index (κ3) is 2.96. The first-order valence-electron chi connectivity index (χ1n) is 6.23. The Balaban J connectivity index is 0.00000147. The van der Waals surface area contributed by atoms with Crippen molar-refractivity contribution in [2.24, 2.45) is 0 Å². The van der Waals surface area contributed by atoms with Crippen LogP contribution in [0, 0.1) is 0 Å². The molecule has 0 saturated carbocycles. The Morgan fingerprint density at radius 1 is 1.45 bits per heavy atom. The molecule has 0 unspecified atom stereocenters. The van der Waals surface area contributed by atoms with Gasteiger partial charge < -0.3 is 10.3 Å². The van der Waals surface area contributed by atoms with Gasteiger partial charge in [-0.3, -0.25) is 9.69 Å². The van der Waals surface area contributed by atoms with Crippen LogP contribution in [0.1, 0.15) is 5.82 Å². The van der Waals surface area contributed by atoms with Crippen molar-refractivity contribution in [3.63, 3.8) is 0 Å². The lowest BCUT2D eigenvalue weighted by Crippen LogP contribution is -2.55. The predicted octanol–water partition coefficient (Wildman–Crippen LogP) is 1.40. The molecule has 2 aromatic rings. The highest BCUT2D eigenvalue weighted by Gasteiger charge is 2.22. The number of H-pyrrole nitrogens is 1. The second-order valence-electron chi connectivity index (χ2n) is 4.90. The molecule has 1 aliphatic heterocycles. The predicted molar refractivity (Wildman–Crippen MR) is 82.7 cm³/mol. The zero-order valence-corrected chi connectivity index (χ0v) is 12.6. The minimum Gasteiger partial charge on any atom is -0.314 e. The zero-order chi connectivity index (χ0) is 13.4. The molecule has 0 bridgehead atoms. The van der Waals surface area contributed by atoms with Crippen LogP contribution in [-0.2, 0) is 6.54 Å². The Labute approximate surface area is 127 Å². The van der Waals surface area contributed by atoms with Gasteiger partial charge in [0.15, 0.2) is 0 Å². The lowest BCUT2D eigenvalue weighted by Gasteiger charge is -2.35. The van der Waals surface area contributed by atoms with Crippen LogP contribution in [0.25, 0.3) is 10.9 Å². The maximum Gasteiger partial charge on any atom is 0.258 e. The molecule has 1 aliphatic rings. The molecule has 20 heavy (non-hydrogen) atoms. The maximum atomic E-state index is 12.0. The molecule has 1 aromatic carbocycles. The van der Waals surface area contributed by atoms with E-state index in [2.05, 4.69) is 20.2 Å². The quantitative estimate of drug-likeness (QED) is 0.899. The van der Waals surface area contributed by atoms with Gasteiger partial charge in [-0.15, -0.1) is 12.4 Å². The lowest BCUT2D eigenvalue weighted by atomic mass is 10.1. The fourth-order valence-electron chi connectivity index (χ4n) is 2.18. The normalized spacial score (nSPS) is 15.2. The van der Waals surface area contributed by atoms with Gasteiger partial charge in [0.25, 0.3) is 5.56 Å². The fraction of sp³-hybridized carbons (Fsp3) is 0.385. The molecule has 2 heterocycles. The number of hydrogen-bond donors (Lipinski definition) is 2. The van der Waals surface area contributed by atoms with Crippen LogP contribution in [-0.4, -0.2) is 41.0 Å². The Kier molecular flexibility index (Phi) is 4.65. The summed E-state index contributed by atoms with van der Waals surface area (Å²) < 4.78 is 0. The number of aromatic nitrogens is 2. The summed E-state index contributed by atoms with van der Waals surface area (Å²) in [6.07, 6.45) is 0. The van der Waals surface area contributed by atoms with Crippen LogP contribution in [0.4, 0.5) is 0 Å². The fourth-order valence-corrected chi connectivity index (χ4v) is 2.36. The number of nitrogens with zero attached hydrogens (tertiary/aromatic N) is 2. The largest absolute Gasteiger partial charge is 0.314 e. The van der Waals surface area contributed by atoms with Crippen LogP contribution in [0.5, 0.6) is 0 Å². The molecule has 1 fully saturated rings. The van der Waals surface area contributed by atoms with E-state index in [1.165, 1.54) is 0 Å². The second kappa shape index (κ2) is 6.10. The van der Waals surface area contributed by atoms with Gasteiger partial charge in [0.1, 0.15) is 5.82 Å². The smallest absolute Gasteiger partial charge is 0.258 e. The monoisotopic (exact) mass is 314 g/mol. The molecular weight excluding hydrogens is 299 g/mol. The van der Waals surface area contributed by atoms with Crippen molar-refractivity contribution >= 4 is 34.9 Å². The third-order valence-corrected chi connectivity index (χ3v) is 3.73. The van der Waals surface area contributed by atoms with Gasteiger partial charge in [0, 0.05) is 24.2 Å². The van der Waals surface area contributed by atoms with Crippen molar-refractivity contribution in [1.82, 2.24) is 20.2 Å². The van der Waals surface area contributed by atoms with Crippen molar-refractivity contribution in [2.75, 3.05) is 20.1 Å². The molecule has 2 N–H and O–H groups in total. The summed E-state index contributed by atoms with van der Waals surface area (Å²) in [4.78, 5) is 21.5. The topological polar surface area (TPSA) is 61.0 Å². The van der Waals surface area contributed by atoms with Crippen LogP contribution >= 0.6 is 24.0 Å². The minimum absolute atomic E-state index is 0. The zero-order valence-electron chi connectivity index (χ0n) is 11.0. The summed E-state index contributed by atoms with van der Waals surface area (Å²) in [7, 11) is 2.04. The number of hydrogen-bond acceptors (Lipinski definition) is 4. The molecule has 0 aliphatic carbocycles. The van der Waals surface area contributed by atoms with E-state index in [0.717, 1.165) is 13.1 Å². The van der Waals surface area contributed by atoms with Crippen LogP contribution in [0.2, 0.25) is 5.02 Å². The Morgan fingerprint density at radius 3 is 2.85 bits per heavy atom. The molecule has 0 spiro atoms. The summed E-state index contributed by atoms with van der Waals surface area (Å²) in [6, 6.07) is 5.69. The number of likely N-dealkylation sites (N-methyl/N-ethyl adjacent to an activating group) is 1. The summed E-state index contributed by atoms with van der Waals surface area (Å²) >= 11 is 5.89. The van der Waals surface area contributed by atoms with E-state index in [4.69, 9.17) is 11.6 Å². The van der Waals surface area contributed by atoms with Gasteiger partial charge in [-0.25, -0.2) is 4.98 Å². The Morgan fingerprint density at radius 2 is 2.20 bits per heavy atom. The number of halogens is 2. The number of aromatic amines is 1. The van der Waals surface area contributed by atoms with Crippen molar-refractivity contribution in [3.8, 4) is 0 Å². The first kappa shape index (κ1) is 15.3.